The second-order valence-corrected chi connectivity index (χ2v) is 7.87. The van der Waals surface area contributed by atoms with Crippen molar-refractivity contribution in [2.24, 2.45) is 0 Å². The van der Waals surface area contributed by atoms with E-state index in [1.807, 2.05) is 0 Å². The highest BCUT2D eigenvalue weighted by Crippen LogP contribution is 2.21. The zero-order chi connectivity index (χ0) is 20.8. The third-order valence-electron chi connectivity index (χ3n) is 5.33. The molecule has 1 rings (SSSR count). The number of rotatable bonds is 16. The molecule has 0 aliphatic carbocycles. The molecule has 1 aromatic heterocycles. The molecule has 5 heteroatoms. The van der Waals surface area contributed by atoms with Gasteiger partial charge >= 0.3 is 0 Å². The van der Waals surface area contributed by atoms with Crippen LogP contribution in [0.3, 0.4) is 0 Å². The Morgan fingerprint density at radius 2 is 1.25 bits per heavy atom. The average molecular weight is 394 g/mol. The van der Waals surface area contributed by atoms with Crippen molar-refractivity contribution in [3.63, 3.8) is 0 Å². The van der Waals surface area contributed by atoms with E-state index < -0.39 is 17.0 Å². The Kier molecular flexibility index (Phi) is 12.3. The van der Waals surface area contributed by atoms with Crippen LogP contribution in [0, 0.1) is 0 Å². The van der Waals surface area contributed by atoms with Gasteiger partial charge in [-0.1, -0.05) is 90.4 Å². The number of nitrogens with zero attached hydrogens (tertiary/aromatic N) is 1. The van der Waals surface area contributed by atoms with Crippen molar-refractivity contribution in [3.8, 4) is 11.6 Å². The molecule has 0 saturated carbocycles. The molecule has 0 radical (unpaired) electrons. The second-order valence-electron chi connectivity index (χ2n) is 7.87. The Hall–Kier alpha value is -1.78. The highest BCUT2D eigenvalue weighted by Gasteiger charge is 2.17. The lowest BCUT2D eigenvalue weighted by Crippen LogP contribution is -2.16. The first-order valence-corrected chi connectivity index (χ1v) is 11.2. The lowest BCUT2D eigenvalue weighted by atomic mass is 10.0. The van der Waals surface area contributed by atoms with Crippen molar-refractivity contribution in [1.82, 2.24) is 4.57 Å². The molecule has 0 atom stereocenters. The fourth-order valence-electron chi connectivity index (χ4n) is 3.67. The Morgan fingerprint density at radius 1 is 0.821 bits per heavy atom. The van der Waals surface area contributed by atoms with E-state index in [4.69, 9.17) is 0 Å². The Balaban J connectivity index is 2.13. The van der Waals surface area contributed by atoms with E-state index in [2.05, 4.69) is 6.92 Å². The van der Waals surface area contributed by atoms with Crippen LogP contribution in [0.25, 0.3) is 0 Å². The number of unbranched alkanes of at least 4 members (excludes halogenated alkanes) is 13. The molecule has 1 aromatic rings. The SMILES string of the molecule is CCCCCCCCCCCCCCCCn1c(O)cc(=O)c(O)c1C(C)=O. The fourth-order valence-corrected chi connectivity index (χ4v) is 3.67. The Bertz CT molecular complexity index is 636. The molecule has 0 aromatic carbocycles. The normalized spacial score (nSPS) is 11.1. The maximum Gasteiger partial charge on any atom is 0.227 e. The summed E-state index contributed by atoms with van der Waals surface area (Å²) in [6.07, 6.45) is 17.6. The van der Waals surface area contributed by atoms with E-state index in [-0.39, 0.29) is 11.6 Å². The van der Waals surface area contributed by atoms with Crippen molar-refractivity contribution in [1.29, 1.82) is 0 Å². The molecule has 5 nitrogen and oxygen atoms in total. The summed E-state index contributed by atoms with van der Waals surface area (Å²) in [6.45, 7) is 3.96. The molecule has 0 amide bonds. The zero-order valence-electron chi connectivity index (χ0n) is 17.8. The molecule has 160 valence electrons. The van der Waals surface area contributed by atoms with Gasteiger partial charge in [0.25, 0.3) is 0 Å². The summed E-state index contributed by atoms with van der Waals surface area (Å²) < 4.78 is 1.35. The van der Waals surface area contributed by atoms with Gasteiger partial charge in [-0.15, -0.1) is 0 Å². The van der Waals surface area contributed by atoms with Gasteiger partial charge in [0.15, 0.2) is 17.4 Å². The molecule has 0 fully saturated rings. The minimum atomic E-state index is -0.722. The summed E-state index contributed by atoms with van der Waals surface area (Å²) >= 11 is 0. The zero-order valence-corrected chi connectivity index (χ0v) is 17.8. The van der Waals surface area contributed by atoms with Crippen LogP contribution in [-0.4, -0.2) is 20.6 Å². The van der Waals surface area contributed by atoms with Crippen LogP contribution >= 0.6 is 0 Å². The summed E-state index contributed by atoms with van der Waals surface area (Å²) in [5, 5.41) is 19.8. The molecule has 0 spiro atoms. The van der Waals surface area contributed by atoms with Crippen LogP contribution < -0.4 is 5.43 Å². The molecule has 0 aliphatic rings. The first-order chi connectivity index (χ1) is 13.5. The number of pyridine rings is 1. The first-order valence-electron chi connectivity index (χ1n) is 11.2. The maximum absolute atomic E-state index is 11.7. The van der Waals surface area contributed by atoms with Gasteiger partial charge in [0.2, 0.25) is 5.43 Å². The van der Waals surface area contributed by atoms with Crippen LogP contribution in [0.4, 0.5) is 0 Å². The molecule has 28 heavy (non-hydrogen) atoms. The van der Waals surface area contributed by atoms with Gasteiger partial charge in [-0.3, -0.25) is 9.59 Å². The first kappa shape index (κ1) is 24.3. The van der Waals surface area contributed by atoms with Crippen molar-refractivity contribution in [3.05, 3.63) is 22.0 Å². The number of hydrogen-bond donors (Lipinski definition) is 2. The van der Waals surface area contributed by atoms with Gasteiger partial charge < -0.3 is 14.8 Å². The largest absolute Gasteiger partial charge is 0.503 e. The highest BCUT2D eigenvalue weighted by atomic mass is 16.3. The molecule has 0 saturated heterocycles. The minimum absolute atomic E-state index is 0.0975. The number of Topliss-reactive ketones (excluding diaryl/α,β-unsaturated/α-hetero) is 1. The number of aromatic nitrogens is 1. The Labute approximate surface area is 169 Å². The average Bonchev–Trinajstić information content (AvgIpc) is 2.65. The van der Waals surface area contributed by atoms with E-state index in [1.54, 1.807) is 0 Å². The van der Waals surface area contributed by atoms with Gasteiger partial charge in [-0.05, 0) is 6.42 Å². The third kappa shape index (κ3) is 8.94. The lowest BCUT2D eigenvalue weighted by Gasteiger charge is -2.14. The fraction of sp³-hybridized carbons (Fsp3) is 0.739. The van der Waals surface area contributed by atoms with E-state index in [1.165, 1.54) is 82.1 Å². The Morgan fingerprint density at radius 3 is 1.68 bits per heavy atom. The van der Waals surface area contributed by atoms with Gasteiger partial charge in [-0.2, -0.15) is 0 Å². The molecule has 1 heterocycles. The smallest absolute Gasteiger partial charge is 0.227 e. The summed E-state index contributed by atoms with van der Waals surface area (Å²) in [5.74, 6) is -1.26. The molecule has 0 aliphatic heterocycles. The van der Waals surface area contributed by atoms with Crippen molar-refractivity contribution in [2.75, 3.05) is 0 Å². The standard InChI is InChI=1S/C23H39NO4/c1-3-4-5-6-7-8-9-10-11-12-13-14-15-16-17-24-21(27)18-20(26)23(28)22(24)19(2)25/h18,27-28H,3-17H2,1-2H3. The van der Waals surface area contributed by atoms with Gasteiger partial charge in [-0.25, -0.2) is 0 Å². The summed E-state index contributed by atoms with van der Waals surface area (Å²) in [6, 6.07) is 0.964. The van der Waals surface area contributed by atoms with Crippen molar-refractivity contribution < 1.29 is 15.0 Å². The maximum atomic E-state index is 11.7. The van der Waals surface area contributed by atoms with Gasteiger partial charge in [0.1, 0.15) is 5.69 Å². The molecule has 2 N–H and O–H groups in total. The van der Waals surface area contributed by atoms with Crippen LogP contribution in [0.1, 0.15) is 114 Å². The van der Waals surface area contributed by atoms with E-state index >= 15 is 0 Å². The third-order valence-corrected chi connectivity index (χ3v) is 5.33. The predicted octanol–water partition coefficient (Wildman–Crippen LogP) is 5.94. The number of aromatic hydroxyl groups is 2. The lowest BCUT2D eigenvalue weighted by molar-refractivity contribution is 0.0998. The summed E-state index contributed by atoms with van der Waals surface area (Å²) in [5.41, 5.74) is -0.820. The quantitative estimate of drug-likeness (QED) is 0.269. The van der Waals surface area contributed by atoms with Crippen molar-refractivity contribution >= 4 is 5.78 Å². The van der Waals surface area contributed by atoms with Crippen molar-refractivity contribution in [2.45, 2.75) is 110 Å². The number of carbonyl (C=O) groups is 1. The monoisotopic (exact) mass is 393 g/mol. The molecular weight excluding hydrogens is 354 g/mol. The number of ketones is 1. The van der Waals surface area contributed by atoms with Crippen LogP contribution in [0.2, 0.25) is 0 Å². The number of hydrogen-bond acceptors (Lipinski definition) is 4. The van der Waals surface area contributed by atoms with Gasteiger partial charge in [0.05, 0.1) is 0 Å². The van der Waals surface area contributed by atoms with E-state index in [9.17, 15) is 19.8 Å². The highest BCUT2D eigenvalue weighted by molar-refractivity contribution is 5.95. The van der Waals surface area contributed by atoms with E-state index in [0.717, 1.165) is 25.3 Å². The summed E-state index contributed by atoms with van der Waals surface area (Å²) in [4.78, 5) is 23.3. The van der Waals surface area contributed by atoms with Crippen LogP contribution in [-0.2, 0) is 6.54 Å². The van der Waals surface area contributed by atoms with Crippen LogP contribution in [0.5, 0.6) is 11.6 Å². The molecular formula is C23H39NO4. The van der Waals surface area contributed by atoms with Gasteiger partial charge in [0, 0.05) is 19.5 Å². The summed E-state index contributed by atoms with van der Waals surface area (Å²) in [7, 11) is 0. The van der Waals surface area contributed by atoms with Crippen LogP contribution in [0.15, 0.2) is 10.9 Å². The minimum Gasteiger partial charge on any atom is -0.503 e. The van der Waals surface area contributed by atoms with E-state index in [0.29, 0.717) is 6.54 Å². The topological polar surface area (TPSA) is 79.5 Å². The second kappa shape index (κ2) is 14.3. The molecule has 0 unspecified atom stereocenters. The number of carbonyl (C=O) groups excluding carboxylic acids is 1. The molecule has 0 bridgehead atoms. The predicted molar refractivity (Wildman–Crippen MR) is 114 cm³/mol.